The van der Waals surface area contributed by atoms with Crippen LogP contribution < -0.4 is 5.32 Å². The number of hydrogen-bond donors (Lipinski definition) is 1. The van der Waals surface area contributed by atoms with E-state index in [1.54, 1.807) is 23.5 Å². The van der Waals surface area contributed by atoms with E-state index >= 15 is 0 Å². The Morgan fingerprint density at radius 2 is 2.07 bits per heavy atom. The van der Waals surface area contributed by atoms with Gasteiger partial charge in [-0.15, -0.1) is 35.3 Å². The number of amides is 1. The Labute approximate surface area is 187 Å². The molecule has 9 heteroatoms. The van der Waals surface area contributed by atoms with Crippen LogP contribution in [0.5, 0.6) is 0 Å². The lowest BCUT2D eigenvalue weighted by Crippen LogP contribution is -2.53. The highest BCUT2D eigenvalue weighted by Crippen LogP contribution is 2.12. The van der Waals surface area contributed by atoms with Crippen LogP contribution in [0.2, 0.25) is 0 Å². The van der Waals surface area contributed by atoms with Crippen molar-refractivity contribution in [3.63, 3.8) is 0 Å². The Morgan fingerprint density at radius 1 is 1.32 bits per heavy atom. The lowest BCUT2D eigenvalue weighted by atomic mass is 10.3. The first kappa shape index (κ1) is 22.7. The molecule has 0 unspecified atom stereocenters. The number of carbonyl (C=O) groups is 1. The molecule has 1 aliphatic heterocycles. The van der Waals surface area contributed by atoms with Gasteiger partial charge in [0.15, 0.2) is 11.7 Å². The lowest BCUT2D eigenvalue weighted by molar-refractivity contribution is 0.0657. The number of hydrogen-bond acceptors (Lipinski definition) is 5. The minimum atomic E-state index is -0.0414. The Balaban J connectivity index is 0.00000280. The van der Waals surface area contributed by atoms with E-state index in [0.29, 0.717) is 18.8 Å². The number of halogens is 1. The largest absolute Gasteiger partial charge is 0.459 e. The third kappa shape index (κ3) is 6.20. The smallest absolute Gasteiger partial charge is 0.289 e. The second-order valence-electron chi connectivity index (χ2n) is 6.48. The Bertz CT molecular complexity index is 754. The van der Waals surface area contributed by atoms with Crippen molar-refractivity contribution in [1.82, 2.24) is 20.1 Å². The first-order valence-electron chi connectivity index (χ1n) is 9.44. The van der Waals surface area contributed by atoms with Crippen molar-refractivity contribution in [2.75, 3.05) is 39.3 Å². The highest BCUT2D eigenvalue weighted by molar-refractivity contribution is 14.0. The third-order valence-electron chi connectivity index (χ3n) is 4.41. The number of nitrogens with zero attached hydrogens (tertiary/aromatic N) is 4. The number of piperazine rings is 1. The van der Waals surface area contributed by atoms with Gasteiger partial charge in [0.1, 0.15) is 0 Å². The summed E-state index contributed by atoms with van der Waals surface area (Å²) in [5.41, 5.74) is 1.09. The molecule has 154 valence electrons. The molecule has 0 aromatic carbocycles. The Morgan fingerprint density at radius 3 is 2.68 bits per heavy atom. The molecule has 0 atom stereocenters. The van der Waals surface area contributed by atoms with Gasteiger partial charge in [-0.25, -0.2) is 4.98 Å². The number of guanidine groups is 1. The fourth-order valence-electron chi connectivity index (χ4n) is 3.04. The fourth-order valence-corrected chi connectivity index (χ4v) is 3.85. The standard InChI is InChI=1S/C19H27N5O2S.HI/c1-3-20-19(21-8-4-7-17-22-15(2)14-27-17)24-11-9-23(10-12-24)18(25)16-6-5-13-26-16;/h5-6,13-14H,3-4,7-12H2,1-2H3,(H,20,21);1H. The van der Waals surface area contributed by atoms with E-state index in [1.165, 1.54) is 11.3 Å². The monoisotopic (exact) mass is 517 g/mol. The summed E-state index contributed by atoms with van der Waals surface area (Å²) < 4.78 is 5.22. The summed E-state index contributed by atoms with van der Waals surface area (Å²) in [5, 5.41) is 6.64. The molecule has 3 heterocycles. The number of thiazole rings is 1. The molecule has 1 saturated heterocycles. The number of aliphatic imine (C=N–C) groups is 1. The summed E-state index contributed by atoms with van der Waals surface area (Å²) in [4.78, 5) is 25.7. The predicted molar refractivity (Wildman–Crippen MR) is 123 cm³/mol. The van der Waals surface area contributed by atoms with E-state index in [4.69, 9.17) is 9.41 Å². The van der Waals surface area contributed by atoms with Crippen molar-refractivity contribution in [2.45, 2.75) is 26.7 Å². The van der Waals surface area contributed by atoms with Gasteiger partial charge in [-0.3, -0.25) is 9.79 Å². The van der Waals surface area contributed by atoms with E-state index in [2.05, 4.69) is 27.5 Å². The highest BCUT2D eigenvalue weighted by Gasteiger charge is 2.25. The van der Waals surface area contributed by atoms with Crippen LogP contribution in [0.3, 0.4) is 0 Å². The van der Waals surface area contributed by atoms with Crippen LogP contribution in [0, 0.1) is 6.92 Å². The highest BCUT2D eigenvalue weighted by atomic mass is 127. The molecule has 0 spiro atoms. The summed E-state index contributed by atoms with van der Waals surface area (Å²) in [7, 11) is 0. The molecule has 0 aliphatic carbocycles. The van der Waals surface area contributed by atoms with Crippen LogP contribution in [0.4, 0.5) is 0 Å². The van der Waals surface area contributed by atoms with Gasteiger partial charge in [-0.05, 0) is 32.4 Å². The van der Waals surface area contributed by atoms with Crippen LogP contribution >= 0.6 is 35.3 Å². The van der Waals surface area contributed by atoms with E-state index in [-0.39, 0.29) is 29.9 Å². The molecule has 0 saturated carbocycles. The number of furan rings is 1. The third-order valence-corrected chi connectivity index (χ3v) is 5.44. The number of aryl methyl sites for hydroxylation is 2. The molecule has 1 N–H and O–H groups in total. The normalized spacial score (nSPS) is 14.7. The maximum absolute atomic E-state index is 12.4. The maximum Gasteiger partial charge on any atom is 0.289 e. The average Bonchev–Trinajstić information content (AvgIpc) is 3.36. The zero-order valence-electron chi connectivity index (χ0n) is 16.4. The zero-order valence-corrected chi connectivity index (χ0v) is 19.5. The summed E-state index contributed by atoms with van der Waals surface area (Å²) >= 11 is 1.72. The van der Waals surface area contributed by atoms with Crippen LogP contribution in [0.1, 0.15) is 34.6 Å². The molecule has 1 amide bonds. The van der Waals surface area contributed by atoms with Crippen molar-refractivity contribution < 1.29 is 9.21 Å². The molecule has 3 rings (SSSR count). The molecule has 2 aromatic rings. The average molecular weight is 517 g/mol. The number of carbonyl (C=O) groups excluding carboxylic acids is 1. The molecular formula is C19H28IN5O2S. The van der Waals surface area contributed by atoms with Crippen molar-refractivity contribution in [3.05, 3.63) is 40.2 Å². The van der Waals surface area contributed by atoms with E-state index in [1.807, 2.05) is 11.8 Å². The minimum absolute atomic E-state index is 0. The van der Waals surface area contributed by atoms with E-state index < -0.39 is 0 Å². The molecule has 0 bridgehead atoms. The van der Waals surface area contributed by atoms with Crippen molar-refractivity contribution >= 4 is 47.2 Å². The molecular weight excluding hydrogens is 489 g/mol. The number of rotatable bonds is 6. The number of nitrogens with one attached hydrogen (secondary N) is 1. The molecule has 1 fully saturated rings. The van der Waals surface area contributed by atoms with Gasteiger partial charge in [0.25, 0.3) is 5.91 Å². The molecule has 0 radical (unpaired) electrons. The van der Waals surface area contributed by atoms with Gasteiger partial charge in [-0.2, -0.15) is 0 Å². The first-order valence-corrected chi connectivity index (χ1v) is 10.3. The SMILES string of the molecule is CCNC(=NCCCc1nc(C)cs1)N1CCN(C(=O)c2ccco2)CC1.I. The van der Waals surface area contributed by atoms with Gasteiger partial charge < -0.3 is 19.5 Å². The van der Waals surface area contributed by atoms with E-state index in [9.17, 15) is 4.79 Å². The fraction of sp³-hybridized carbons (Fsp3) is 0.526. The topological polar surface area (TPSA) is 74.0 Å². The van der Waals surface area contributed by atoms with E-state index in [0.717, 1.165) is 50.7 Å². The predicted octanol–water partition coefficient (Wildman–Crippen LogP) is 3.02. The van der Waals surface area contributed by atoms with Gasteiger partial charge >= 0.3 is 0 Å². The van der Waals surface area contributed by atoms with Crippen LogP contribution in [-0.2, 0) is 6.42 Å². The first-order chi connectivity index (χ1) is 13.2. The van der Waals surface area contributed by atoms with Crippen LogP contribution in [0.25, 0.3) is 0 Å². The second-order valence-corrected chi connectivity index (χ2v) is 7.42. The molecule has 28 heavy (non-hydrogen) atoms. The van der Waals surface area contributed by atoms with Crippen molar-refractivity contribution in [1.29, 1.82) is 0 Å². The molecule has 2 aromatic heterocycles. The molecule has 7 nitrogen and oxygen atoms in total. The molecule has 1 aliphatic rings. The van der Waals surface area contributed by atoms with Crippen molar-refractivity contribution in [3.8, 4) is 0 Å². The quantitative estimate of drug-likeness (QED) is 0.276. The van der Waals surface area contributed by atoms with Gasteiger partial charge in [0.2, 0.25) is 0 Å². The zero-order chi connectivity index (χ0) is 19.1. The Hall–Kier alpha value is -1.62. The van der Waals surface area contributed by atoms with Gasteiger partial charge in [-0.1, -0.05) is 0 Å². The summed E-state index contributed by atoms with van der Waals surface area (Å²) in [6.07, 6.45) is 3.48. The van der Waals surface area contributed by atoms with Gasteiger partial charge in [0.05, 0.1) is 11.3 Å². The Kier molecular flexibility index (Phi) is 9.23. The summed E-state index contributed by atoms with van der Waals surface area (Å²) in [5.74, 6) is 1.29. The number of aromatic nitrogens is 1. The lowest BCUT2D eigenvalue weighted by Gasteiger charge is -2.36. The summed E-state index contributed by atoms with van der Waals surface area (Å²) in [6.45, 7) is 8.57. The maximum atomic E-state index is 12.4. The second kappa shape index (κ2) is 11.4. The summed E-state index contributed by atoms with van der Waals surface area (Å²) in [6, 6.07) is 3.45. The van der Waals surface area contributed by atoms with Gasteiger partial charge in [0, 0.05) is 56.8 Å². The van der Waals surface area contributed by atoms with Crippen LogP contribution in [0.15, 0.2) is 33.2 Å². The van der Waals surface area contributed by atoms with Crippen molar-refractivity contribution in [2.24, 2.45) is 4.99 Å². The van der Waals surface area contributed by atoms with Crippen LogP contribution in [-0.4, -0.2) is 65.9 Å². The minimum Gasteiger partial charge on any atom is -0.459 e.